The monoisotopic (exact) mass is 891 g/mol. The summed E-state index contributed by atoms with van der Waals surface area (Å²) in [5.74, 6) is 1.66. The normalized spacial score (nSPS) is 12.6. The van der Waals surface area contributed by atoms with Gasteiger partial charge in [-0.3, -0.25) is 14.4 Å². The van der Waals surface area contributed by atoms with Crippen LogP contribution in [-0.4, -0.2) is 37.2 Å². The molecule has 0 saturated carbocycles. The zero-order valence-corrected chi connectivity index (χ0v) is 43.4. The van der Waals surface area contributed by atoms with Crippen molar-refractivity contribution in [2.45, 2.75) is 317 Å². The van der Waals surface area contributed by atoms with Gasteiger partial charge in [0, 0.05) is 19.3 Å². The Balaban J connectivity index is 4.23. The predicted molar refractivity (Wildman–Crippen MR) is 270 cm³/mol. The maximum absolute atomic E-state index is 12.8. The van der Waals surface area contributed by atoms with Crippen molar-refractivity contribution >= 4 is 17.9 Å². The Labute approximate surface area is 393 Å². The van der Waals surface area contributed by atoms with Crippen LogP contribution < -0.4 is 0 Å². The van der Waals surface area contributed by atoms with Crippen LogP contribution in [0.2, 0.25) is 0 Å². The second kappa shape index (κ2) is 48.3. The average molecular weight is 892 g/mol. The molecule has 0 spiro atoms. The van der Waals surface area contributed by atoms with Gasteiger partial charge in [0.1, 0.15) is 13.2 Å². The van der Waals surface area contributed by atoms with Crippen LogP contribution in [0.3, 0.4) is 0 Å². The van der Waals surface area contributed by atoms with Gasteiger partial charge in [-0.05, 0) is 37.0 Å². The molecule has 0 aromatic carbocycles. The van der Waals surface area contributed by atoms with Gasteiger partial charge >= 0.3 is 17.9 Å². The molecule has 1 unspecified atom stereocenters. The van der Waals surface area contributed by atoms with Crippen molar-refractivity contribution in [2.24, 2.45) is 17.8 Å². The number of rotatable bonds is 50. The average Bonchev–Trinajstić information content (AvgIpc) is 3.25. The topological polar surface area (TPSA) is 78.9 Å². The highest BCUT2D eigenvalue weighted by molar-refractivity contribution is 5.71. The van der Waals surface area contributed by atoms with Gasteiger partial charge in [-0.15, -0.1) is 0 Å². The van der Waals surface area contributed by atoms with Gasteiger partial charge in [0.15, 0.2) is 6.10 Å². The molecule has 0 amide bonds. The first-order valence-corrected chi connectivity index (χ1v) is 28.1. The Hall–Kier alpha value is -1.59. The lowest BCUT2D eigenvalue weighted by Crippen LogP contribution is -2.30. The smallest absolute Gasteiger partial charge is 0.306 e. The Kier molecular flexibility index (Phi) is 47.1. The largest absolute Gasteiger partial charge is 0.462 e. The molecule has 0 aromatic rings. The minimum Gasteiger partial charge on any atom is -0.462 e. The highest BCUT2D eigenvalue weighted by Gasteiger charge is 2.19. The van der Waals surface area contributed by atoms with Crippen LogP contribution in [-0.2, 0) is 28.6 Å². The van der Waals surface area contributed by atoms with E-state index in [4.69, 9.17) is 14.2 Å². The zero-order chi connectivity index (χ0) is 46.3. The molecule has 0 heterocycles. The van der Waals surface area contributed by atoms with Crippen molar-refractivity contribution in [3.8, 4) is 0 Å². The van der Waals surface area contributed by atoms with Gasteiger partial charge in [-0.25, -0.2) is 0 Å². The third-order valence-corrected chi connectivity index (χ3v) is 13.3. The fourth-order valence-corrected chi connectivity index (χ4v) is 8.61. The van der Waals surface area contributed by atoms with E-state index < -0.39 is 6.10 Å². The molecule has 0 aliphatic carbocycles. The Morgan fingerprint density at radius 2 is 0.556 bits per heavy atom. The highest BCUT2D eigenvalue weighted by Crippen LogP contribution is 2.19. The molecule has 2 atom stereocenters. The molecule has 6 heteroatoms. The first-order valence-electron chi connectivity index (χ1n) is 28.1. The Morgan fingerprint density at radius 1 is 0.317 bits per heavy atom. The van der Waals surface area contributed by atoms with Crippen LogP contribution in [0.25, 0.3) is 0 Å². The quantitative estimate of drug-likeness (QED) is 0.0344. The fourth-order valence-electron chi connectivity index (χ4n) is 8.61. The molecule has 6 nitrogen and oxygen atoms in total. The summed E-state index contributed by atoms with van der Waals surface area (Å²) in [5, 5.41) is 0. The number of unbranched alkanes of at least 4 members (excludes halogenated alkanes) is 32. The van der Waals surface area contributed by atoms with E-state index in [1.54, 1.807) is 0 Å². The maximum atomic E-state index is 12.8. The van der Waals surface area contributed by atoms with Crippen LogP contribution in [0, 0.1) is 17.8 Å². The van der Waals surface area contributed by atoms with Gasteiger partial charge in [-0.1, -0.05) is 273 Å². The molecule has 0 aliphatic heterocycles. The highest BCUT2D eigenvalue weighted by atomic mass is 16.6. The molecule has 0 aliphatic rings. The second-order valence-electron chi connectivity index (χ2n) is 20.8. The van der Waals surface area contributed by atoms with Crippen molar-refractivity contribution in [1.29, 1.82) is 0 Å². The second-order valence-corrected chi connectivity index (χ2v) is 20.8. The summed E-state index contributed by atoms with van der Waals surface area (Å²) < 4.78 is 16.8. The SMILES string of the molecule is CCC(C)CCCCCCCCCCCCCCCCC(=O)O[C@@H](COC(=O)CCCCCCCCCCCCCCCCCC(C)C)COC(=O)CCCCCCCCC(C)C. The van der Waals surface area contributed by atoms with Gasteiger partial charge in [0.05, 0.1) is 0 Å². The van der Waals surface area contributed by atoms with Crippen molar-refractivity contribution < 1.29 is 28.6 Å². The number of carbonyl (C=O) groups excluding carboxylic acids is 3. The molecule has 0 radical (unpaired) electrons. The van der Waals surface area contributed by atoms with Crippen molar-refractivity contribution in [2.75, 3.05) is 13.2 Å². The van der Waals surface area contributed by atoms with Crippen LogP contribution in [0.4, 0.5) is 0 Å². The van der Waals surface area contributed by atoms with Crippen molar-refractivity contribution in [3.05, 3.63) is 0 Å². The number of ether oxygens (including phenoxy) is 3. The van der Waals surface area contributed by atoms with Crippen LogP contribution >= 0.6 is 0 Å². The summed E-state index contributed by atoms with van der Waals surface area (Å²) in [7, 11) is 0. The molecule has 0 fully saturated rings. The summed E-state index contributed by atoms with van der Waals surface area (Å²) in [6, 6.07) is 0. The number of esters is 3. The van der Waals surface area contributed by atoms with Crippen molar-refractivity contribution in [1.82, 2.24) is 0 Å². The summed E-state index contributed by atoms with van der Waals surface area (Å²) >= 11 is 0. The Morgan fingerprint density at radius 3 is 0.825 bits per heavy atom. The first-order chi connectivity index (χ1) is 30.6. The summed E-state index contributed by atoms with van der Waals surface area (Å²) in [6.45, 7) is 13.7. The van der Waals surface area contributed by atoms with E-state index in [0.717, 1.165) is 75.5 Å². The van der Waals surface area contributed by atoms with E-state index >= 15 is 0 Å². The molecule has 374 valence electrons. The van der Waals surface area contributed by atoms with E-state index in [1.807, 2.05) is 0 Å². The molecular formula is C57H110O6. The third kappa shape index (κ3) is 49.7. The van der Waals surface area contributed by atoms with Gasteiger partial charge < -0.3 is 14.2 Å². The summed E-state index contributed by atoms with van der Waals surface area (Å²) in [4.78, 5) is 38.0. The number of carbonyl (C=O) groups is 3. The molecule has 0 N–H and O–H groups in total. The van der Waals surface area contributed by atoms with Crippen LogP contribution in [0.15, 0.2) is 0 Å². The summed E-state index contributed by atoms with van der Waals surface area (Å²) in [5.41, 5.74) is 0. The predicted octanol–water partition coefficient (Wildman–Crippen LogP) is 18.3. The lowest BCUT2D eigenvalue weighted by molar-refractivity contribution is -0.167. The van der Waals surface area contributed by atoms with Crippen LogP contribution in [0.5, 0.6) is 0 Å². The minimum atomic E-state index is -0.763. The zero-order valence-electron chi connectivity index (χ0n) is 43.4. The van der Waals surface area contributed by atoms with Gasteiger partial charge in [0.2, 0.25) is 0 Å². The van der Waals surface area contributed by atoms with E-state index in [2.05, 4.69) is 41.5 Å². The van der Waals surface area contributed by atoms with E-state index in [9.17, 15) is 14.4 Å². The molecule has 63 heavy (non-hydrogen) atoms. The van der Waals surface area contributed by atoms with E-state index in [-0.39, 0.29) is 31.1 Å². The van der Waals surface area contributed by atoms with Gasteiger partial charge in [0.25, 0.3) is 0 Å². The molecule has 0 aromatic heterocycles. The lowest BCUT2D eigenvalue weighted by Gasteiger charge is -2.18. The molecule has 0 rings (SSSR count). The lowest BCUT2D eigenvalue weighted by atomic mass is 9.99. The van der Waals surface area contributed by atoms with E-state index in [1.165, 1.54) is 193 Å². The third-order valence-electron chi connectivity index (χ3n) is 13.3. The van der Waals surface area contributed by atoms with Crippen LogP contribution in [0.1, 0.15) is 311 Å². The van der Waals surface area contributed by atoms with Crippen molar-refractivity contribution in [3.63, 3.8) is 0 Å². The van der Waals surface area contributed by atoms with Gasteiger partial charge in [-0.2, -0.15) is 0 Å². The van der Waals surface area contributed by atoms with E-state index in [0.29, 0.717) is 19.3 Å². The minimum absolute atomic E-state index is 0.0646. The molecule has 0 saturated heterocycles. The summed E-state index contributed by atoms with van der Waals surface area (Å²) in [6.07, 6.45) is 49.6. The molecular weight excluding hydrogens is 781 g/mol. The standard InChI is InChI=1S/C57H110O6/c1-7-53(6)45-39-33-26-22-18-14-11-12-16-20-24-28-36-42-48-57(60)63-54(50-62-56(59)47-41-35-30-29-32-38-44-52(4)5)49-61-55(58)46-40-34-27-23-19-15-10-8-9-13-17-21-25-31-37-43-51(2)3/h51-54H,7-50H2,1-6H3/t53?,54-/m0/s1. The first kappa shape index (κ1) is 61.4. The molecule has 0 bridgehead atoms. The fraction of sp³-hybridized carbons (Fsp3) is 0.947. The Bertz CT molecular complexity index is 978. The number of hydrogen-bond acceptors (Lipinski definition) is 6. The number of hydrogen-bond donors (Lipinski definition) is 0. The maximum Gasteiger partial charge on any atom is 0.306 e.